The topological polar surface area (TPSA) is 36.3 Å². The van der Waals surface area contributed by atoms with Crippen LogP contribution in [0, 0.1) is 11.3 Å². The molecule has 0 aliphatic carbocycles. The summed E-state index contributed by atoms with van der Waals surface area (Å²) in [6.07, 6.45) is 4.20. The Hall–Kier alpha value is -2.47. The molecular weight excluding hydrogens is 248 g/mol. The molecule has 1 aromatic carbocycles. The number of benzene rings is 1. The van der Waals surface area contributed by atoms with E-state index in [1.165, 1.54) is 5.57 Å². The van der Waals surface area contributed by atoms with Crippen molar-refractivity contribution < 1.29 is 4.74 Å². The summed E-state index contributed by atoms with van der Waals surface area (Å²) < 4.78 is 5.27. The first-order valence-electron chi connectivity index (χ1n) is 6.63. The van der Waals surface area contributed by atoms with Gasteiger partial charge in [-0.3, -0.25) is 0 Å². The van der Waals surface area contributed by atoms with E-state index in [4.69, 9.17) is 10.00 Å². The lowest BCUT2D eigenvalue weighted by molar-refractivity contribution is 0.368. The normalized spacial score (nSPS) is 14.4. The highest BCUT2D eigenvalue weighted by Crippen LogP contribution is 2.30. The smallest absolute Gasteiger partial charge is 0.174 e. The summed E-state index contributed by atoms with van der Waals surface area (Å²) in [5.74, 6) is 0.709. The number of nitrogens with zero attached hydrogens (tertiary/aromatic N) is 2. The molecule has 1 aliphatic rings. The second-order valence-electron chi connectivity index (χ2n) is 4.56. The van der Waals surface area contributed by atoms with E-state index in [9.17, 15) is 0 Å². The SMILES string of the molecule is C=C1C(C)=CC=C(c2ccc(OCC#N)cc2)N1CC. The maximum Gasteiger partial charge on any atom is 0.174 e. The molecular formula is C17H18N2O. The van der Waals surface area contributed by atoms with Gasteiger partial charge >= 0.3 is 0 Å². The molecule has 0 bridgehead atoms. The maximum absolute atomic E-state index is 8.50. The van der Waals surface area contributed by atoms with Gasteiger partial charge in [-0.1, -0.05) is 12.7 Å². The summed E-state index contributed by atoms with van der Waals surface area (Å²) in [5.41, 5.74) is 4.47. The van der Waals surface area contributed by atoms with Crippen molar-refractivity contribution in [2.75, 3.05) is 13.2 Å². The number of nitriles is 1. The van der Waals surface area contributed by atoms with Gasteiger partial charge in [0.15, 0.2) is 6.61 Å². The zero-order chi connectivity index (χ0) is 14.5. The molecule has 0 saturated carbocycles. The first-order chi connectivity index (χ1) is 9.67. The van der Waals surface area contributed by atoms with Gasteiger partial charge in [-0.05, 0) is 55.3 Å². The van der Waals surface area contributed by atoms with Gasteiger partial charge in [-0.2, -0.15) is 5.26 Å². The average Bonchev–Trinajstić information content (AvgIpc) is 2.48. The zero-order valence-corrected chi connectivity index (χ0v) is 11.9. The lowest BCUT2D eigenvalue weighted by Gasteiger charge is -2.31. The maximum atomic E-state index is 8.50. The van der Waals surface area contributed by atoms with Crippen LogP contribution in [0.5, 0.6) is 5.75 Å². The predicted octanol–water partition coefficient (Wildman–Crippen LogP) is 3.73. The van der Waals surface area contributed by atoms with Crippen molar-refractivity contribution in [1.29, 1.82) is 5.26 Å². The third-order valence-electron chi connectivity index (χ3n) is 3.33. The van der Waals surface area contributed by atoms with Crippen LogP contribution in [0.15, 0.2) is 54.3 Å². The minimum atomic E-state index is 0.0713. The number of rotatable bonds is 4. The number of allylic oxidation sites excluding steroid dienone is 3. The molecule has 0 radical (unpaired) electrons. The van der Waals surface area contributed by atoms with Crippen LogP contribution in [0.1, 0.15) is 19.4 Å². The van der Waals surface area contributed by atoms with Crippen LogP contribution in [-0.2, 0) is 0 Å². The van der Waals surface area contributed by atoms with Crippen LogP contribution in [0.2, 0.25) is 0 Å². The second kappa shape index (κ2) is 6.12. The zero-order valence-electron chi connectivity index (χ0n) is 11.9. The van der Waals surface area contributed by atoms with Crippen molar-refractivity contribution in [3.05, 3.63) is 59.8 Å². The monoisotopic (exact) mass is 266 g/mol. The molecule has 1 aromatic rings. The summed E-state index contributed by atoms with van der Waals surface area (Å²) in [7, 11) is 0. The van der Waals surface area contributed by atoms with Crippen LogP contribution < -0.4 is 4.74 Å². The van der Waals surface area contributed by atoms with Crippen LogP contribution in [0.4, 0.5) is 0 Å². The highest BCUT2D eigenvalue weighted by molar-refractivity contribution is 5.70. The van der Waals surface area contributed by atoms with Gasteiger partial charge in [0, 0.05) is 17.9 Å². The molecule has 0 fully saturated rings. The van der Waals surface area contributed by atoms with E-state index in [1.54, 1.807) is 0 Å². The van der Waals surface area contributed by atoms with Gasteiger partial charge in [-0.25, -0.2) is 0 Å². The molecule has 102 valence electrons. The Morgan fingerprint density at radius 3 is 2.55 bits per heavy atom. The molecule has 0 unspecified atom stereocenters. The van der Waals surface area contributed by atoms with E-state index in [0.717, 1.165) is 23.5 Å². The first kappa shape index (κ1) is 14.0. The van der Waals surface area contributed by atoms with Gasteiger partial charge in [0.05, 0.1) is 0 Å². The summed E-state index contributed by atoms with van der Waals surface area (Å²) >= 11 is 0. The van der Waals surface area contributed by atoms with E-state index in [0.29, 0.717) is 5.75 Å². The summed E-state index contributed by atoms with van der Waals surface area (Å²) in [5, 5.41) is 8.50. The van der Waals surface area contributed by atoms with Crippen LogP contribution >= 0.6 is 0 Å². The van der Waals surface area contributed by atoms with E-state index in [2.05, 4.69) is 37.5 Å². The lowest BCUT2D eigenvalue weighted by atomic mass is 10.0. The molecule has 0 atom stereocenters. The fourth-order valence-electron chi connectivity index (χ4n) is 2.20. The van der Waals surface area contributed by atoms with Gasteiger partial charge < -0.3 is 9.64 Å². The molecule has 0 spiro atoms. The van der Waals surface area contributed by atoms with Gasteiger partial charge in [-0.15, -0.1) is 0 Å². The van der Waals surface area contributed by atoms with Crippen molar-refractivity contribution in [3.63, 3.8) is 0 Å². The fourth-order valence-corrected chi connectivity index (χ4v) is 2.20. The van der Waals surface area contributed by atoms with Crippen LogP contribution in [0.25, 0.3) is 5.70 Å². The van der Waals surface area contributed by atoms with Crippen molar-refractivity contribution in [1.82, 2.24) is 4.90 Å². The number of hydrogen-bond donors (Lipinski definition) is 0. The first-order valence-corrected chi connectivity index (χ1v) is 6.63. The molecule has 2 rings (SSSR count). The van der Waals surface area contributed by atoms with E-state index < -0.39 is 0 Å². The van der Waals surface area contributed by atoms with E-state index in [-0.39, 0.29) is 6.61 Å². The average molecular weight is 266 g/mol. The summed E-state index contributed by atoms with van der Waals surface area (Å²) in [6.45, 7) is 9.27. The van der Waals surface area contributed by atoms with Gasteiger partial charge in [0.1, 0.15) is 11.8 Å². The standard InChI is InChI=1S/C17H18N2O/c1-4-19-14(3)13(2)5-10-17(19)15-6-8-16(9-7-15)20-12-11-18/h5-10H,3-4,12H2,1-2H3. The number of hydrogen-bond acceptors (Lipinski definition) is 3. The minimum Gasteiger partial charge on any atom is -0.479 e. The quantitative estimate of drug-likeness (QED) is 0.833. The van der Waals surface area contributed by atoms with Gasteiger partial charge in [0.25, 0.3) is 0 Å². The van der Waals surface area contributed by atoms with Crippen LogP contribution in [0.3, 0.4) is 0 Å². The predicted molar refractivity (Wildman–Crippen MR) is 80.8 cm³/mol. The molecule has 3 nitrogen and oxygen atoms in total. The van der Waals surface area contributed by atoms with Crippen molar-refractivity contribution >= 4 is 5.70 Å². The Balaban J connectivity index is 2.26. The number of ether oxygens (including phenoxy) is 1. The Morgan fingerprint density at radius 1 is 1.25 bits per heavy atom. The molecule has 1 heterocycles. The minimum absolute atomic E-state index is 0.0713. The Bertz CT molecular complexity index is 603. The molecule has 0 aromatic heterocycles. The third kappa shape index (κ3) is 2.75. The highest BCUT2D eigenvalue weighted by atomic mass is 16.5. The largest absolute Gasteiger partial charge is 0.479 e. The van der Waals surface area contributed by atoms with Crippen LogP contribution in [-0.4, -0.2) is 18.1 Å². The molecule has 0 amide bonds. The fraction of sp³-hybridized carbons (Fsp3) is 0.235. The van der Waals surface area contributed by atoms with Crippen molar-refractivity contribution in [2.45, 2.75) is 13.8 Å². The molecule has 1 aliphatic heterocycles. The molecule has 3 heteroatoms. The second-order valence-corrected chi connectivity index (χ2v) is 4.56. The molecule has 20 heavy (non-hydrogen) atoms. The van der Waals surface area contributed by atoms with Crippen molar-refractivity contribution in [2.24, 2.45) is 0 Å². The highest BCUT2D eigenvalue weighted by Gasteiger charge is 2.17. The van der Waals surface area contributed by atoms with Crippen molar-refractivity contribution in [3.8, 4) is 11.8 Å². The van der Waals surface area contributed by atoms with Gasteiger partial charge in [0.2, 0.25) is 0 Å². The Kier molecular flexibility index (Phi) is 4.27. The molecule has 0 N–H and O–H groups in total. The Labute approximate surface area is 120 Å². The Morgan fingerprint density at radius 2 is 1.95 bits per heavy atom. The van der Waals surface area contributed by atoms with E-state index >= 15 is 0 Å². The van der Waals surface area contributed by atoms with E-state index in [1.807, 2.05) is 30.3 Å². The summed E-state index contributed by atoms with van der Waals surface area (Å²) in [6, 6.07) is 9.73. The third-order valence-corrected chi connectivity index (χ3v) is 3.33. The lowest BCUT2D eigenvalue weighted by Crippen LogP contribution is -2.23. The number of likely N-dealkylation sites (N-methyl/N-ethyl adjacent to an activating group) is 1. The summed E-state index contributed by atoms with van der Waals surface area (Å²) in [4.78, 5) is 2.19. The molecule has 0 saturated heterocycles.